The first-order chi connectivity index (χ1) is 12.5. The average molecular weight is 350 g/mol. The number of H-pyrrole nitrogens is 1. The molecule has 0 bridgehead atoms. The molecule has 3 aromatic rings. The third-order valence-corrected chi connectivity index (χ3v) is 4.42. The van der Waals surface area contributed by atoms with Gasteiger partial charge in [0.15, 0.2) is 5.78 Å². The van der Waals surface area contributed by atoms with Crippen molar-refractivity contribution in [1.82, 2.24) is 10.3 Å². The quantitative estimate of drug-likeness (QED) is 0.666. The Balaban J connectivity index is 2.12. The van der Waals surface area contributed by atoms with Crippen LogP contribution in [0.1, 0.15) is 29.8 Å². The second-order valence-corrected chi connectivity index (χ2v) is 6.26. The van der Waals surface area contributed by atoms with Crippen LogP contribution in [0.25, 0.3) is 22.2 Å². The molecule has 3 rings (SSSR count). The zero-order chi connectivity index (χ0) is 18.7. The average Bonchev–Trinajstić information content (AvgIpc) is 2.99. The van der Waals surface area contributed by atoms with Crippen LogP contribution in [0.4, 0.5) is 0 Å². The van der Waals surface area contributed by atoms with Crippen molar-refractivity contribution in [2.24, 2.45) is 0 Å². The zero-order valence-electron chi connectivity index (χ0n) is 15.2. The molecule has 5 heteroatoms. The lowest BCUT2D eigenvalue weighted by molar-refractivity contribution is -0.118. The normalized spacial score (nSPS) is 10.7. The van der Waals surface area contributed by atoms with E-state index in [1.54, 1.807) is 14.0 Å². The lowest BCUT2D eigenvalue weighted by Gasteiger charge is -2.08. The van der Waals surface area contributed by atoms with Gasteiger partial charge in [0.25, 0.3) is 0 Å². The highest BCUT2D eigenvalue weighted by atomic mass is 16.5. The first-order valence-electron chi connectivity index (χ1n) is 8.54. The number of amides is 1. The first-order valence-corrected chi connectivity index (χ1v) is 8.54. The minimum absolute atomic E-state index is 0.0319. The van der Waals surface area contributed by atoms with E-state index in [-0.39, 0.29) is 11.7 Å². The number of aromatic nitrogens is 1. The van der Waals surface area contributed by atoms with Gasteiger partial charge in [0.1, 0.15) is 5.75 Å². The molecule has 1 amide bonds. The van der Waals surface area contributed by atoms with E-state index in [0.29, 0.717) is 18.5 Å². The lowest BCUT2D eigenvalue weighted by Crippen LogP contribution is -2.22. The zero-order valence-corrected chi connectivity index (χ0v) is 15.2. The van der Waals surface area contributed by atoms with E-state index >= 15 is 0 Å². The Morgan fingerprint density at radius 3 is 2.62 bits per heavy atom. The summed E-state index contributed by atoms with van der Waals surface area (Å²) in [6, 6.07) is 13.5. The highest BCUT2D eigenvalue weighted by Crippen LogP contribution is 2.33. The van der Waals surface area contributed by atoms with Crippen molar-refractivity contribution in [3.05, 3.63) is 53.6 Å². The fraction of sp³-hybridized carbons (Fsp3) is 0.238. The Kier molecular flexibility index (Phi) is 5.07. The van der Waals surface area contributed by atoms with Crippen LogP contribution < -0.4 is 10.1 Å². The molecule has 0 aliphatic carbocycles. The highest BCUT2D eigenvalue weighted by Gasteiger charge is 2.15. The number of fused-ring (bicyclic) bond motifs is 1. The smallest absolute Gasteiger partial charge is 0.216 e. The number of ketones is 1. The van der Waals surface area contributed by atoms with Crippen molar-refractivity contribution in [2.45, 2.75) is 20.3 Å². The van der Waals surface area contributed by atoms with Gasteiger partial charge in [-0.2, -0.15) is 0 Å². The molecule has 0 aliphatic rings. The van der Waals surface area contributed by atoms with Crippen LogP contribution in [0.5, 0.6) is 5.75 Å². The molecule has 0 unspecified atom stereocenters. The van der Waals surface area contributed by atoms with Gasteiger partial charge >= 0.3 is 0 Å². The van der Waals surface area contributed by atoms with E-state index in [9.17, 15) is 9.59 Å². The van der Waals surface area contributed by atoms with Crippen LogP contribution in [0.15, 0.2) is 42.5 Å². The molecule has 0 saturated carbocycles. The van der Waals surface area contributed by atoms with Crippen molar-refractivity contribution in [3.8, 4) is 17.0 Å². The molecule has 2 N–H and O–H groups in total. The third kappa shape index (κ3) is 3.61. The number of ether oxygens (including phenoxy) is 1. The van der Waals surface area contributed by atoms with E-state index in [0.717, 1.165) is 33.5 Å². The SMILES string of the molecule is COc1ccc2[nH]c(-c3cccc(C(C)=O)c3)c(CCNC(C)=O)c2c1. The standard InChI is InChI=1S/C21H22N2O3/c1-13(24)15-5-4-6-16(11-15)21-18(9-10-22-14(2)25)19-12-17(26-3)7-8-20(19)23-21/h4-8,11-12,23H,9-10H2,1-3H3,(H,22,25). The predicted octanol–water partition coefficient (Wildman–Crippen LogP) is 3.72. The number of Topliss-reactive ketones (excluding diaryl/α,β-unsaturated/α-hetero) is 1. The van der Waals surface area contributed by atoms with Crippen molar-refractivity contribution in [3.63, 3.8) is 0 Å². The molecule has 0 radical (unpaired) electrons. The summed E-state index contributed by atoms with van der Waals surface area (Å²) in [5.41, 5.74) is 4.67. The largest absolute Gasteiger partial charge is 0.497 e. The van der Waals surface area contributed by atoms with Gasteiger partial charge in [-0.1, -0.05) is 18.2 Å². The molecular weight excluding hydrogens is 328 g/mol. The van der Waals surface area contributed by atoms with Crippen molar-refractivity contribution in [2.75, 3.05) is 13.7 Å². The summed E-state index contributed by atoms with van der Waals surface area (Å²) in [4.78, 5) is 26.4. The summed E-state index contributed by atoms with van der Waals surface area (Å²) >= 11 is 0. The first kappa shape index (κ1) is 17.7. The van der Waals surface area contributed by atoms with E-state index < -0.39 is 0 Å². The maximum Gasteiger partial charge on any atom is 0.216 e. The molecule has 0 atom stereocenters. The van der Waals surface area contributed by atoms with Gasteiger partial charge in [-0.05, 0) is 48.7 Å². The number of hydrogen-bond acceptors (Lipinski definition) is 3. The van der Waals surface area contributed by atoms with Gasteiger partial charge in [0.2, 0.25) is 5.91 Å². The number of aromatic amines is 1. The maximum atomic E-state index is 11.7. The van der Waals surface area contributed by atoms with Gasteiger partial charge in [0, 0.05) is 35.6 Å². The number of benzene rings is 2. The molecule has 1 heterocycles. The molecule has 2 aromatic carbocycles. The van der Waals surface area contributed by atoms with Gasteiger partial charge in [-0.25, -0.2) is 0 Å². The van der Waals surface area contributed by atoms with Crippen LogP contribution in [0.2, 0.25) is 0 Å². The van der Waals surface area contributed by atoms with Gasteiger partial charge in [-0.3, -0.25) is 9.59 Å². The second kappa shape index (κ2) is 7.44. The topological polar surface area (TPSA) is 71.2 Å². The molecule has 26 heavy (non-hydrogen) atoms. The summed E-state index contributed by atoms with van der Waals surface area (Å²) in [5, 5.41) is 3.90. The molecule has 0 spiro atoms. The molecule has 0 fully saturated rings. The fourth-order valence-electron chi connectivity index (χ4n) is 3.12. The van der Waals surface area contributed by atoms with Gasteiger partial charge in [-0.15, -0.1) is 0 Å². The number of hydrogen-bond donors (Lipinski definition) is 2. The predicted molar refractivity (Wildman–Crippen MR) is 103 cm³/mol. The van der Waals surface area contributed by atoms with E-state index in [2.05, 4.69) is 10.3 Å². The van der Waals surface area contributed by atoms with E-state index in [1.807, 2.05) is 42.5 Å². The minimum Gasteiger partial charge on any atom is -0.497 e. The van der Waals surface area contributed by atoms with Crippen molar-refractivity contribution < 1.29 is 14.3 Å². The lowest BCUT2D eigenvalue weighted by atomic mass is 10.00. The molecule has 5 nitrogen and oxygen atoms in total. The number of carbonyl (C=O) groups is 2. The summed E-state index contributed by atoms with van der Waals surface area (Å²) in [5.74, 6) is 0.758. The second-order valence-electron chi connectivity index (χ2n) is 6.26. The van der Waals surface area contributed by atoms with E-state index in [4.69, 9.17) is 4.74 Å². The minimum atomic E-state index is -0.0532. The van der Waals surface area contributed by atoms with Crippen LogP contribution >= 0.6 is 0 Å². The summed E-state index contributed by atoms with van der Waals surface area (Å²) in [7, 11) is 1.64. The molecule has 0 saturated heterocycles. The summed E-state index contributed by atoms with van der Waals surface area (Å²) < 4.78 is 5.36. The van der Waals surface area contributed by atoms with E-state index in [1.165, 1.54) is 6.92 Å². The monoisotopic (exact) mass is 350 g/mol. The van der Waals surface area contributed by atoms with Crippen LogP contribution in [-0.2, 0) is 11.2 Å². The Morgan fingerprint density at radius 1 is 1.12 bits per heavy atom. The molecule has 0 aliphatic heterocycles. The van der Waals surface area contributed by atoms with Crippen molar-refractivity contribution >= 4 is 22.6 Å². The number of carbonyl (C=O) groups excluding carboxylic acids is 2. The Morgan fingerprint density at radius 2 is 1.92 bits per heavy atom. The van der Waals surface area contributed by atoms with Crippen LogP contribution in [-0.4, -0.2) is 30.3 Å². The number of nitrogens with one attached hydrogen (secondary N) is 2. The molecule has 134 valence electrons. The highest BCUT2D eigenvalue weighted by molar-refractivity contribution is 5.97. The van der Waals surface area contributed by atoms with Gasteiger partial charge < -0.3 is 15.0 Å². The molecule has 1 aromatic heterocycles. The van der Waals surface area contributed by atoms with Crippen molar-refractivity contribution in [1.29, 1.82) is 0 Å². The number of rotatable bonds is 6. The molecular formula is C21H22N2O3. The Bertz CT molecular complexity index is 973. The summed E-state index contributed by atoms with van der Waals surface area (Å²) in [6.07, 6.45) is 0.673. The Hall–Kier alpha value is -3.08. The third-order valence-electron chi connectivity index (χ3n) is 4.42. The number of methoxy groups -OCH3 is 1. The van der Waals surface area contributed by atoms with Gasteiger partial charge in [0.05, 0.1) is 7.11 Å². The maximum absolute atomic E-state index is 11.7. The van der Waals surface area contributed by atoms with Crippen LogP contribution in [0.3, 0.4) is 0 Å². The summed E-state index contributed by atoms with van der Waals surface area (Å²) in [6.45, 7) is 3.61. The van der Waals surface area contributed by atoms with Crippen LogP contribution in [0, 0.1) is 0 Å². The fourth-order valence-corrected chi connectivity index (χ4v) is 3.12. The Labute approximate surface area is 152 Å².